The van der Waals surface area contributed by atoms with Crippen LogP contribution in [0.1, 0.15) is 22.9 Å². The van der Waals surface area contributed by atoms with Crippen molar-refractivity contribution < 1.29 is 24.3 Å². The summed E-state index contributed by atoms with van der Waals surface area (Å²) < 4.78 is 6.19. The summed E-state index contributed by atoms with van der Waals surface area (Å²) in [4.78, 5) is 22.4. The fourth-order valence-electron chi connectivity index (χ4n) is 2.04. The van der Waals surface area contributed by atoms with E-state index in [1.54, 1.807) is 37.3 Å². The van der Waals surface area contributed by atoms with Gasteiger partial charge in [0.2, 0.25) is 0 Å². The van der Waals surface area contributed by atoms with Gasteiger partial charge in [-0.1, -0.05) is 35.0 Å². The maximum atomic E-state index is 11.5. The minimum absolute atomic E-state index is 0.149. The van der Waals surface area contributed by atoms with Gasteiger partial charge in [-0.3, -0.25) is 0 Å². The summed E-state index contributed by atoms with van der Waals surface area (Å²) in [6, 6.07) is 10.3. The first-order chi connectivity index (χ1) is 12.6. The molecule has 0 atom stereocenters. The minimum atomic E-state index is -1.23. The molecule has 0 amide bonds. The lowest BCUT2D eigenvalue weighted by atomic mass is 10.0. The van der Waals surface area contributed by atoms with Gasteiger partial charge < -0.3 is 19.5 Å². The summed E-state index contributed by atoms with van der Waals surface area (Å²) >= 11 is 7.27. The number of carboxylic acids is 1. The molecule has 0 fully saturated rings. The van der Waals surface area contributed by atoms with E-state index >= 15 is 0 Å². The van der Waals surface area contributed by atoms with Crippen molar-refractivity contribution in [2.45, 2.75) is 13.5 Å². The molecule has 0 saturated heterocycles. The summed E-state index contributed by atoms with van der Waals surface area (Å²) in [5.41, 5.74) is 0.467. The predicted molar refractivity (Wildman–Crippen MR) is 99.9 cm³/mol. The van der Waals surface area contributed by atoms with Gasteiger partial charge in [0, 0.05) is 16.0 Å². The Balaban J connectivity index is 2.32. The number of nitrogens with zero attached hydrogens (tertiary/aromatic N) is 2. The number of benzene rings is 1. The fraction of sp³-hybridized carbons (Fsp3) is 0.235. The third kappa shape index (κ3) is 5.21. The van der Waals surface area contributed by atoms with E-state index in [0.717, 1.165) is 4.88 Å². The van der Waals surface area contributed by atoms with Crippen molar-refractivity contribution in [3.8, 4) is 0 Å². The quantitative estimate of drug-likeness (QED) is 0.417. The van der Waals surface area contributed by atoms with Gasteiger partial charge in [0.05, 0.1) is 10.9 Å². The normalized spacial score (nSPS) is 12.0. The van der Waals surface area contributed by atoms with Gasteiger partial charge >= 0.3 is 5.97 Å². The number of halogens is 1. The monoisotopic (exact) mass is 396 g/mol. The second-order valence-corrected chi connectivity index (χ2v) is 6.58. The number of hydrogen-bond donors (Lipinski definition) is 1. The largest absolute Gasteiger partial charge is 0.476 e. The molecule has 2 aromatic rings. The second-order valence-electron chi connectivity index (χ2n) is 4.78. The van der Waals surface area contributed by atoms with Gasteiger partial charge in [-0.15, -0.1) is 11.3 Å². The van der Waals surface area contributed by atoms with Crippen molar-refractivity contribution >= 4 is 40.5 Å². The summed E-state index contributed by atoms with van der Waals surface area (Å²) in [5.74, 6) is -1.08. The number of carboxylic acid groups (broad SMARTS) is 1. The Morgan fingerprint density at radius 1 is 1.19 bits per heavy atom. The predicted octanol–water partition coefficient (Wildman–Crippen LogP) is 3.75. The van der Waals surface area contributed by atoms with Crippen LogP contribution in [0.4, 0.5) is 0 Å². The molecule has 26 heavy (non-hydrogen) atoms. The van der Waals surface area contributed by atoms with Gasteiger partial charge in [0.15, 0.2) is 12.3 Å². The molecule has 0 radical (unpaired) electrons. The van der Waals surface area contributed by atoms with Crippen LogP contribution in [0.3, 0.4) is 0 Å². The van der Waals surface area contributed by atoms with E-state index in [1.165, 1.54) is 18.4 Å². The number of aliphatic carboxylic acids is 1. The Bertz CT molecular complexity index is 819. The van der Waals surface area contributed by atoms with Crippen molar-refractivity contribution in [3.63, 3.8) is 0 Å². The Kier molecular flexibility index (Phi) is 7.43. The average molecular weight is 397 g/mol. The van der Waals surface area contributed by atoms with E-state index in [0.29, 0.717) is 22.1 Å². The standard InChI is InChI=1S/C17H17ClN2O5S/c1-3-24-16(20-25-10-11-8-9-14(18)26-11)13-7-5-4-6-12(13)15(17(21)22)19-23-2/h4-9H,3,10H2,1-2H3,(H,21,22)/b19-15+,20-16+. The Morgan fingerprint density at radius 3 is 2.50 bits per heavy atom. The van der Waals surface area contributed by atoms with E-state index in [-0.39, 0.29) is 18.2 Å². The lowest BCUT2D eigenvalue weighted by Crippen LogP contribution is -2.20. The van der Waals surface area contributed by atoms with Crippen LogP contribution in [0.5, 0.6) is 0 Å². The molecule has 0 aliphatic rings. The molecule has 2 rings (SSSR count). The number of thiophene rings is 1. The molecule has 0 aliphatic carbocycles. The highest BCUT2D eigenvalue weighted by Gasteiger charge is 2.21. The molecule has 0 aliphatic heterocycles. The van der Waals surface area contributed by atoms with Gasteiger partial charge in [-0.2, -0.15) is 0 Å². The first kappa shape index (κ1) is 19.7. The minimum Gasteiger partial charge on any atom is -0.476 e. The zero-order valence-corrected chi connectivity index (χ0v) is 15.7. The molecule has 0 saturated carbocycles. The molecule has 1 N–H and O–H groups in total. The van der Waals surface area contributed by atoms with E-state index in [4.69, 9.17) is 21.2 Å². The van der Waals surface area contributed by atoms with Crippen LogP contribution < -0.4 is 0 Å². The number of rotatable bonds is 8. The lowest BCUT2D eigenvalue weighted by Gasteiger charge is -2.11. The molecule has 1 aromatic carbocycles. The van der Waals surface area contributed by atoms with E-state index < -0.39 is 5.97 Å². The van der Waals surface area contributed by atoms with Crippen LogP contribution in [-0.2, 0) is 25.8 Å². The lowest BCUT2D eigenvalue weighted by molar-refractivity contribution is -0.129. The highest BCUT2D eigenvalue weighted by molar-refractivity contribution is 7.16. The highest BCUT2D eigenvalue weighted by atomic mass is 35.5. The van der Waals surface area contributed by atoms with Crippen LogP contribution in [-0.4, -0.2) is 36.4 Å². The van der Waals surface area contributed by atoms with E-state index in [9.17, 15) is 9.90 Å². The molecule has 1 heterocycles. The highest BCUT2D eigenvalue weighted by Crippen LogP contribution is 2.22. The first-order valence-electron chi connectivity index (χ1n) is 7.58. The van der Waals surface area contributed by atoms with Crippen molar-refractivity contribution in [1.29, 1.82) is 0 Å². The SMILES string of the molecule is CCO/C(=N/OCc1ccc(Cl)s1)c1ccccc1/C(=N\OC)C(=O)O. The number of hydrogen-bond acceptors (Lipinski definition) is 7. The summed E-state index contributed by atoms with van der Waals surface area (Å²) in [6.45, 7) is 2.33. The smallest absolute Gasteiger partial charge is 0.358 e. The van der Waals surface area contributed by atoms with Crippen LogP contribution in [0.15, 0.2) is 46.7 Å². The van der Waals surface area contributed by atoms with E-state index in [2.05, 4.69) is 15.1 Å². The molecular formula is C17H17ClN2O5S. The zero-order valence-electron chi connectivity index (χ0n) is 14.1. The molecule has 7 nitrogen and oxygen atoms in total. The fourth-order valence-corrected chi connectivity index (χ4v) is 3.04. The summed E-state index contributed by atoms with van der Waals surface area (Å²) in [7, 11) is 1.28. The molecule has 1 aromatic heterocycles. The van der Waals surface area contributed by atoms with Gasteiger partial charge in [0.25, 0.3) is 5.90 Å². The molecule has 0 bridgehead atoms. The molecule has 0 spiro atoms. The number of ether oxygens (including phenoxy) is 1. The topological polar surface area (TPSA) is 89.7 Å². The van der Waals surface area contributed by atoms with Gasteiger partial charge in [-0.05, 0) is 30.3 Å². The van der Waals surface area contributed by atoms with E-state index in [1.807, 2.05) is 6.07 Å². The zero-order chi connectivity index (χ0) is 18.9. The van der Waals surface area contributed by atoms with Gasteiger partial charge in [0.1, 0.15) is 7.11 Å². The summed E-state index contributed by atoms with van der Waals surface area (Å²) in [6.07, 6.45) is 0. The first-order valence-corrected chi connectivity index (χ1v) is 8.77. The molecule has 9 heteroatoms. The Morgan fingerprint density at radius 2 is 1.92 bits per heavy atom. The molecular weight excluding hydrogens is 380 g/mol. The van der Waals surface area contributed by atoms with Crippen LogP contribution in [0, 0.1) is 0 Å². The Hall–Kier alpha value is -2.58. The maximum Gasteiger partial charge on any atom is 0.358 e. The van der Waals surface area contributed by atoms with Crippen LogP contribution in [0.25, 0.3) is 0 Å². The average Bonchev–Trinajstić information content (AvgIpc) is 3.04. The summed E-state index contributed by atoms with van der Waals surface area (Å²) in [5, 5.41) is 17.0. The van der Waals surface area contributed by atoms with Crippen molar-refractivity contribution in [2.24, 2.45) is 10.3 Å². The Labute approximate surface area is 159 Å². The van der Waals surface area contributed by atoms with Crippen molar-refractivity contribution in [1.82, 2.24) is 0 Å². The van der Waals surface area contributed by atoms with Crippen molar-refractivity contribution in [3.05, 3.63) is 56.7 Å². The van der Waals surface area contributed by atoms with Crippen molar-refractivity contribution in [2.75, 3.05) is 13.7 Å². The van der Waals surface area contributed by atoms with Crippen LogP contribution >= 0.6 is 22.9 Å². The maximum absolute atomic E-state index is 11.5. The number of carbonyl (C=O) groups is 1. The van der Waals surface area contributed by atoms with Gasteiger partial charge in [-0.25, -0.2) is 4.79 Å². The van der Waals surface area contributed by atoms with Crippen LogP contribution in [0.2, 0.25) is 4.34 Å². The second kappa shape index (κ2) is 9.79. The molecule has 138 valence electrons. The third-order valence-electron chi connectivity index (χ3n) is 3.06. The number of oxime groups is 2. The molecule has 0 unspecified atom stereocenters. The third-order valence-corrected chi connectivity index (χ3v) is 4.27.